The number of aliphatic hydroxyl groups is 1. The van der Waals surface area contributed by atoms with Gasteiger partial charge in [0, 0.05) is 17.7 Å². The van der Waals surface area contributed by atoms with Gasteiger partial charge in [-0.2, -0.15) is 0 Å². The number of nitrogens with one attached hydrogen (secondary N) is 1. The minimum absolute atomic E-state index is 0.0483. The second kappa shape index (κ2) is 8.49. The number of carbonyl (C=O) groups excluding carboxylic acids is 1. The zero-order chi connectivity index (χ0) is 15.1. The van der Waals surface area contributed by atoms with Crippen LogP contribution in [-0.4, -0.2) is 30.3 Å². The summed E-state index contributed by atoms with van der Waals surface area (Å²) in [6, 6.07) is 5.05. The molecule has 0 heterocycles. The molecule has 1 rings (SSSR count). The first kappa shape index (κ1) is 17.3. The molecule has 0 saturated heterocycles. The second-order valence-corrected chi connectivity index (χ2v) is 6.08. The number of amides is 1. The average molecular weight is 365 g/mol. The van der Waals surface area contributed by atoms with E-state index in [9.17, 15) is 4.79 Å². The molecule has 0 aliphatic heterocycles. The summed E-state index contributed by atoms with van der Waals surface area (Å²) < 4.78 is 6.13. The molecule has 1 unspecified atom stereocenters. The van der Waals surface area contributed by atoms with Crippen molar-refractivity contribution in [3.63, 3.8) is 0 Å². The third-order valence-electron chi connectivity index (χ3n) is 2.84. The van der Waals surface area contributed by atoms with Crippen molar-refractivity contribution in [3.8, 4) is 5.75 Å². The van der Waals surface area contributed by atoms with Gasteiger partial charge < -0.3 is 15.2 Å². The fraction of sp³-hybridized carbons (Fsp3) is 0.500. The molecule has 1 aromatic carbocycles. The number of aliphatic hydroxyl groups excluding tert-OH is 1. The summed E-state index contributed by atoms with van der Waals surface area (Å²) in [5.41, 5.74) is 0. The molecule has 1 atom stereocenters. The first-order valence-corrected chi connectivity index (χ1v) is 7.59. The van der Waals surface area contributed by atoms with E-state index in [4.69, 9.17) is 21.4 Å². The van der Waals surface area contributed by atoms with Gasteiger partial charge in [-0.15, -0.1) is 0 Å². The molecule has 0 radical (unpaired) electrons. The number of hydrogen-bond acceptors (Lipinski definition) is 3. The minimum atomic E-state index is -0.209. The van der Waals surface area contributed by atoms with Crippen LogP contribution in [0.3, 0.4) is 0 Å². The molecule has 2 N–H and O–H groups in total. The predicted octanol–water partition coefficient (Wildman–Crippen LogP) is 3.00. The van der Waals surface area contributed by atoms with Crippen molar-refractivity contribution in [2.45, 2.75) is 26.3 Å². The van der Waals surface area contributed by atoms with E-state index in [0.717, 1.165) is 0 Å². The molecule has 4 nitrogen and oxygen atoms in total. The van der Waals surface area contributed by atoms with Crippen molar-refractivity contribution in [3.05, 3.63) is 27.7 Å². The van der Waals surface area contributed by atoms with Gasteiger partial charge in [-0.3, -0.25) is 4.79 Å². The maximum atomic E-state index is 11.8. The van der Waals surface area contributed by atoms with Crippen LogP contribution in [0.15, 0.2) is 22.7 Å². The largest absolute Gasteiger partial charge is 0.483 e. The Labute approximate surface area is 132 Å². The van der Waals surface area contributed by atoms with Gasteiger partial charge in [0.1, 0.15) is 5.75 Å². The number of ether oxygens (including phenoxy) is 1. The van der Waals surface area contributed by atoms with Crippen molar-refractivity contribution in [1.29, 1.82) is 0 Å². The van der Waals surface area contributed by atoms with E-state index in [1.807, 2.05) is 13.8 Å². The van der Waals surface area contributed by atoms with Crippen LogP contribution in [0.4, 0.5) is 0 Å². The fourth-order valence-corrected chi connectivity index (χ4v) is 2.49. The summed E-state index contributed by atoms with van der Waals surface area (Å²) in [5.74, 6) is 0.611. The van der Waals surface area contributed by atoms with Crippen molar-refractivity contribution in [1.82, 2.24) is 5.32 Å². The van der Waals surface area contributed by atoms with Gasteiger partial charge in [-0.1, -0.05) is 25.4 Å². The third kappa shape index (κ3) is 5.69. The number of halogens is 2. The molecule has 1 amide bonds. The summed E-state index contributed by atoms with van der Waals surface area (Å²) in [7, 11) is 0. The van der Waals surface area contributed by atoms with Gasteiger partial charge in [-0.05, 0) is 46.5 Å². The highest BCUT2D eigenvalue weighted by atomic mass is 79.9. The summed E-state index contributed by atoms with van der Waals surface area (Å²) in [6.07, 6.45) is 0.536. The number of benzene rings is 1. The summed E-state index contributed by atoms with van der Waals surface area (Å²) in [6.45, 7) is 3.97. The third-order valence-corrected chi connectivity index (χ3v) is 3.70. The molecule has 0 fully saturated rings. The Morgan fingerprint density at radius 2 is 2.20 bits per heavy atom. The first-order chi connectivity index (χ1) is 9.43. The Morgan fingerprint density at radius 1 is 1.50 bits per heavy atom. The highest BCUT2D eigenvalue weighted by Crippen LogP contribution is 2.27. The summed E-state index contributed by atoms with van der Waals surface area (Å²) in [4.78, 5) is 11.8. The second-order valence-electron chi connectivity index (χ2n) is 4.79. The lowest BCUT2D eigenvalue weighted by Gasteiger charge is -2.21. The van der Waals surface area contributed by atoms with E-state index in [0.29, 0.717) is 21.7 Å². The van der Waals surface area contributed by atoms with Gasteiger partial charge >= 0.3 is 0 Å². The lowest BCUT2D eigenvalue weighted by atomic mass is 10.0. The Balaban J connectivity index is 2.50. The van der Waals surface area contributed by atoms with E-state index < -0.39 is 0 Å². The molecular weight excluding hydrogens is 346 g/mol. The fourth-order valence-electron chi connectivity index (χ4n) is 1.70. The normalized spacial score (nSPS) is 12.3. The standard InChI is InChI=1S/C14H19BrClNO3/c1-9(2)12(5-6-18)17-14(19)8-20-13-4-3-10(16)7-11(13)15/h3-4,7,9,12,18H,5-6,8H2,1-2H3,(H,17,19). The van der Waals surface area contributed by atoms with Crippen molar-refractivity contribution in [2.75, 3.05) is 13.2 Å². The van der Waals surface area contributed by atoms with Crippen LogP contribution in [0, 0.1) is 5.92 Å². The molecular formula is C14H19BrClNO3. The lowest BCUT2D eigenvalue weighted by molar-refractivity contribution is -0.124. The van der Waals surface area contributed by atoms with Crippen LogP contribution in [0.2, 0.25) is 5.02 Å². The number of hydrogen-bond donors (Lipinski definition) is 2. The van der Waals surface area contributed by atoms with Gasteiger partial charge in [-0.25, -0.2) is 0 Å². The van der Waals surface area contributed by atoms with Crippen LogP contribution in [0.5, 0.6) is 5.75 Å². The molecule has 0 spiro atoms. The molecule has 0 aliphatic carbocycles. The van der Waals surface area contributed by atoms with Crippen LogP contribution >= 0.6 is 27.5 Å². The maximum absolute atomic E-state index is 11.8. The van der Waals surface area contributed by atoms with Gasteiger partial charge in [0.05, 0.1) is 4.47 Å². The summed E-state index contributed by atoms with van der Waals surface area (Å²) in [5, 5.41) is 12.4. The highest BCUT2D eigenvalue weighted by Gasteiger charge is 2.16. The van der Waals surface area contributed by atoms with E-state index in [1.165, 1.54) is 0 Å². The SMILES string of the molecule is CC(C)C(CCO)NC(=O)COc1ccc(Cl)cc1Br. The number of carbonyl (C=O) groups is 1. The molecule has 1 aromatic rings. The van der Waals surface area contributed by atoms with Crippen LogP contribution in [0.25, 0.3) is 0 Å². The van der Waals surface area contributed by atoms with Gasteiger partial charge in [0.25, 0.3) is 5.91 Å². The van der Waals surface area contributed by atoms with E-state index in [2.05, 4.69) is 21.2 Å². The molecule has 112 valence electrons. The van der Waals surface area contributed by atoms with Crippen LogP contribution < -0.4 is 10.1 Å². The van der Waals surface area contributed by atoms with Gasteiger partial charge in [0.2, 0.25) is 0 Å². The van der Waals surface area contributed by atoms with Crippen molar-refractivity contribution < 1.29 is 14.6 Å². The topological polar surface area (TPSA) is 58.6 Å². The quantitative estimate of drug-likeness (QED) is 0.782. The zero-order valence-electron chi connectivity index (χ0n) is 11.5. The molecule has 0 aromatic heterocycles. The molecule has 6 heteroatoms. The van der Waals surface area contributed by atoms with Crippen LogP contribution in [-0.2, 0) is 4.79 Å². The smallest absolute Gasteiger partial charge is 0.258 e. The van der Waals surface area contributed by atoms with E-state index in [1.54, 1.807) is 18.2 Å². The molecule has 0 bridgehead atoms. The molecule has 20 heavy (non-hydrogen) atoms. The van der Waals surface area contributed by atoms with E-state index >= 15 is 0 Å². The van der Waals surface area contributed by atoms with Crippen molar-refractivity contribution in [2.24, 2.45) is 5.92 Å². The first-order valence-electron chi connectivity index (χ1n) is 6.42. The maximum Gasteiger partial charge on any atom is 0.258 e. The Morgan fingerprint density at radius 3 is 2.75 bits per heavy atom. The Kier molecular flexibility index (Phi) is 7.34. The predicted molar refractivity (Wildman–Crippen MR) is 83.1 cm³/mol. The minimum Gasteiger partial charge on any atom is -0.483 e. The summed E-state index contributed by atoms with van der Waals surface area (Å²) >= 11 is 9.15. The molecule has 0 aliphatic rings. The van der Waals surface area contributed by atoms with E-state index in [-0.39, 0.29) is 31.1 Å². The number of rotatable bonds is 7. The molecule has 0 saturated carbocycles. The highest BCUT2D eigenvalue weighted by molar-refractivity contribution is 9.10. The monoisotopic (exact) mass is 363 g/mol. The zero-order valence-corrected chi connectivity index (χ0v) is 13.9. The Hall–Kier alpha value is -0.780. The lowest BCUT2D eigenvalue weighted by Crippen LogP contribution is -2.41. The Bertz CT molecular complexity index is 454. The van der Waals surface area contributed by atoms with Crippen molar-refractivity contribution >= 4 is 33.4 Å². The van der Waals surface area contributed by atoms with Gasteiger partial charge in [0.15, 0.2) is 6.61 Å². The van der Waals surface area contributed by atoms with Crippen LogP contribution in [0.1, 0.15) is 20.3 Å². The average Bonchev–Trinajstić information content (AvgIpc) is 2.37.